The highest BCUT2D eigenvalue weighted by Gasteiger charge is 2.10. The predicted octanol–water partition coefficient (Wildman–Crippen LogP) is 2.37. The second-order valence-electron chi connectivity index (χ2n) is 3.74. The molecule has 0 aliphatic carbocycles. The molecule has 0 bridgehead atoms. The first kappa shape index (κ1) is 10.8. The molecule has 2 aromatic rings. The third-order valence-corrected chi connectivity index (χ3v) is 2.73. The molecule has 0 fully saturated rings. The van der Waals surface area contributed by atoms with Crippen LogP contribution in [-0.2, 0) is 6.42 Å². The Balaban J connectivity index is 2.50. The molecular weight excluding hydrogens is 202 g/mol. The fraction of sp³-hybridized carbons (Fsp3) is 0.231. The van der Waals surface area contributed by atoms with Crippen LogP contribution in [0.4, 0.5) is 5.69 Å². The summed E-state index contributed by atoms with van der Waals surface area (Å²) in [5, 5.41) is 8.95. The van der Waals surface area contributed by atoms with Gasteiger partial charge in [0.15, 0.2) is 0 Å². The zero-order chi connectivity index (χ0) is 11.5. The van der Waals surface area contributed by atoms with Crippen molar-refractivity contribution < 1.29 is 9.52 Å². The standard InChI is InChI=1S/C13H15NO2/c1-9-11(6-8-16-9)12-4-2-3-10(5-7-15)13(12)14/h2-4,6,8,15H,5,7,14H2,1H3. The number of benzene rings is 1. The molecule has 0 saturated heterocycles. The summed E-state index contributed by atoms with van der Waals surface area (Å²) in [5.74, 6) is 0.854. The van der Waals surface area contributed by atoms with Crippen LogP contribution in [0.5, 0.6) is 0 Å². The van der Waals surface area contributed by atoms with Crippen molar-refractivity contribution in [1.82, 2.24) is 0 Å². The van der Waals surface area contributed by atoms with Crippen molar-refractivity contribution >= 4 is 5.69 Å². The van der Waals surface area contributed by atoms with Gasteiger partial charge in [0.25, 0.3) is 0 Å². The quantitative estimate of drug-likeness (QED) is 0.776. The summed E-state index contributed by atoms with van der Waals surface area (Å²) in [6, 6.07) is 7.76. The van der Waals surface area contributed by atoms with Crippen molar-refractivity contribution in [3.8, 4) is 11.1 Å². The number of para-hydroxylation sites is 1. The Morgan fingerprint density at radius 1 is 1.25 bits per heavy atom. The molecule has 3 heteroatoms. The maximum Gasteiger partial charge on any atom is 0.108 e. The zero-order valence-corrected chi connectivity index (χ0v) is 9.23. The summed E-state index contributed by atoms with van der Waals surface area (Å²) in [5.41, 5.74) is 9.75. The minimum Gasteiger partial charge on any atom is -0.469 e. The number of furan rings is 1. The molecule has 0 atom stereocenters. The molecule has 1 aromatic heterocycles. The van der Waals surface area contributed by atoms with E-state index in [1.807, 2.05) is 31.2 Å². The van der Waals surface area contributed by atoms with Crippen LogP contribution in [0.3, 0.4) is 0 Å². The molecular formula is C13H15NO2. The lowest BCUT2D eigenvalue weighted by atomic mass is 9.99. The smallest absolute Gasteiger partial charge is 0.108 e. The second kappa shape index (κ2) is 4.41. The van der Waals surface area contributed by atoms with Crippen LogP contribution in [-0.4, -0.2) is 11.7 Å². The van der Waals surface area contributed by atoms with E-state index in [2.05, 4.69) is 0 Å². The lowest BCUT2D eigenvalue weighted by Gasteiger charge is -2.09. The van der Waals surface area contributed by atoms with E-state index in [0.29, 0.717) is 6.42 Å². The fourth-order valence-electron chi connectivity index (χ4n) is 1.85. The van der Waals surface area contributed by atoms with Crippen molar-refractivity contribution in [3.05, 3.63) is 41.9 Å². The Bertz CT molecular complexity index is 488. The van der Waals surface area contributed by atoms with Crippen LogP contribution in [0.25, 0.3) is 11.1 Å². The summed E-state index contributed by atoms with van der Waals surface area (Å²) < 4.78 is 5.27. The first-order valence-electron chi connectivity index (χ1n) is 5.26. The van der Waals surface area contributed by atoms with Gasteiger partial charge in [0.2, 0.25) is 0 Å². The van der Waals surface area contributed by atoms with Crippen LogP contribution in [0, 0.1) is 6.92 Å². The summed E-state index contributed by atoms with van der Waals surface area (Å²) in [4.78, 5) is 0. The number of anilines is 1. The number of hydrogen-bond acceptors (Lipinski definition) is 3. The first-order chi connectivity index (χ1) is 7.74. The molecule has 0 amide bonds. The maximum atomic E-state index is 8.95. The van der Waals surface area contributed by atoms with Crippen LogP contribution >= 0.6 is 0 Å². The van der Waals surface area contributed by atoms with Gasteiger partial charge in [-0.1, -0.05) is 18.2 Å². The minimum atomic E-state index is 0.109. The summed E-state index contributed by atoms with van der Waals surface area (Å²) >= 11 is 0. The topological polar surface area (TPSA) is 59.4 Å². The van der Waals surface area contributed by atoms with Crippen molar-refractivity contribution in [2.45, 2.75) is 13.3 Å². The number of aryl methyl sites for hydroxylation is 1. The Labute approximate surface area is 94.5 Å². The highest BCUT2D eigenvalue weighted by molar-refractivity contribution is 5.79. The average Bonchev–Trinajstić information content (AvgIpc) is 2.68. The molecule has 0 saturated carbocycles. The van der Waals surface area contributed by atoms with E-state index in [-0.39, 0.29) is 6.61 Å². The van der Waals surface area contributed by atoms with Crippen LogP contribution < -0.4 is 5.73 Å². The summed E-state index contributed by atoms with van der Waals surface area (Å²) in [6.07, 6.45) is 2.24. The van der Waals surface area contributed by atoms with E-state index >= 15 is 0 Å². The number of hydrogen-bond donors (Lipinski definition) is 2. The number of aliphatic hydroxyl groups is 1. The fourth-order valence-corrected chi connectivity index (χ4v) is 1.85. The van der Waals surface area contributed by atoms with E-state index in [0.717, 1.165) is 28.1 Å². The molecule has 1 heterocycles. The lowest BCUT2D eigenvalue weighted by Crippen LogP contribution is -1.99. The van der Waals surface area contributed by atoms with Crippen molar-refractivity contribution in [2.24, 2.45) is 0 Å². The third kappa shape index (κ3) is 1.82. The van der Waals surface area contributed by atoms with E-state index in [4.69, 9.17) is 15.3 Å². The molecule has 0 unspecified atom stereocenters. The van der Waals surface area contributed by atoms with Gasteiger partial charge < -0.3 is 15.3 Å². The number of aliphatic hydroxyl groups excluding tert-OH is 1. The molecule has 0 aliphatic rings. The number of nitrogen functional groups attached to an aromatic ring is 1. The molecule has 2 rings (SSSR count). The number of nitrogens with two attached hydrogens (primary N) is 1. The zero-order valence-electron chi connectivity index (χ0n) is 9.23. The minimum absolute atomic E-state index is 0.109. The normalized spacial score (nSPS) is 10.6. The van der Waals surface area contributed by atoms with Gasteiger partial charge in [0.1, 0.15) is 5.76 Å². The second-order valence-corrected chi connectivity index (χ2v) is 3.74. The SMILES string of the molecule is Cc1occc1-c1cccc(CCO)c1N. The molecule has 3 N–H and O–H groups in total. The lowest BCUT2D eigenvalue weighted by molar-refractivity contribution is 0.300. The molecule has 16 heavy (non-hydrogen) atoms. The summed E-state index contributed by atoms with van der Waals surface area (Å²) in [7, 11) is 0. The Morgan fingerprint density at radius 2 is 2.06 bits per heavy atom. The van der Waals surface area contributed by atoms with E-state index in [9.17, 15) is 0 Å². The van der Waals surface area contributed by atoms with Crippen molar-refractivity contribution in [2.75, 3.05) is 12.3 Å². The number of rotatable bonds is 3. The van der Waals surface area contributed by atoms with Crippen LogP contribution in [0.2, 0.25) is 0 Å². The molecule has 0 aliphatic heterocycles. The monoisotopic (exact) mass is 217 g/mol. The van der Waals surface area contributed by atoms with E-state index in [1.165, 1.54) is 0 Å². The van der Waals surface area contributed by atoms with Gasteiger partial charge in [0.05, 0.1) is 6.26 Å². The van der Waals surface area contributed by atoms with E-state index < -0.39 is 0 Å². The first-order valence-corrected chi connectivity index (χ1v) is 5.26. The van der Waals surface area contributed by atoms with Gasteiger partial charge in [-0.15, -0.1) is 0 Å². The third-order valence-electron chi connectivity index (χ3n) is 2.73. The van der Waals surface area contributed by atoms with Gasteiger partial charge in [-0.2, -0.15) is 0 Å². The molecule has 0 spiro atoms. The van der Waals surface area contributed by atoms with Gasteiger partial charge in [0, 0.05) is 23.4 Å². The van der Waals surface area contributed by atoms with Gasteiger partial charge in [-0.25, -0.2) is 0 Å². The van der Waals surface area contributed by atoms with Gasteiger partial charge in [-0.3, -0.25) is 0 Å². The molecule has 84 valence electrons. The van der Waals surface area contributed by atoms with Crippen LogP contribution in [0.15, 0.2) is 34.9 Å². The maximum absolute atomic E-state index is 8.95. The molecule has 1 aromatic carbocycles. The highest BCUT2D eigenvalue weighted by atomic mass is 16.3. The Hall–Kier alpha value is -1.74. The summed E-state index contributed by atoms with van der Waals surface area (Å²) in [6.45, 7) is 2.02. The molecule has 0 radical (unpaired) electrons. The Kier molecular flexibility index (Phi) is 2.97. The van der Waals surface area contributed by atoms with E-state index in [1.54, 1.807) is 6.26 Å². The van der Waals surface area contributed by atoms with Crippen molar-refractivity contribution in [1.29, 1.82) is 0 Å². The average molecular weight is 217 g/mol. The molecule has 3 nitrogen and oxygen atoms in total. The van der Waals surface area contributed by atoms with Gasteiger partial charge >= 0.3 is 0 Å². The van der Waals surface area contributed by atoms with Crippen LogP contribution in [0.1, 0.15) is 11.3 Å². The van der Waals surface area contributed by atoms with Gasteiger partial charge in [-0.05, 0) is 25.0 Å². The largest absolute Gasteiger partial charge is 0.469 e. The Morgan fingerprint density at radius 3 is 2.69 bits per heavy atom. The van der Waals surface area contributed by atoms with Crippen molar-refractivity contribution in [3.63, 3.8) is 0 Å². The predicted molar refractivity (Wildman–Crippen MR) is 64.1 cm³/mol. The highest BCUT2D eigenvalue weighted by Crippen LogP contribution is 2.31.